The molecule has 0 radical (unpaired) electrons. The number of rotatable bonds is 19. The van der Waals surface area contributed by atoms with E-state index in [1.54, 1.807) is 77.3 Å². The number of benzene rings is 9. The number of hydrogen-bond acceptors (Lipinski definition) is 20. The largest absolute Gasteiger partial charge is 0.481 e. The average molecular weight is 1570 g/mol. The van der Waals surface area contributed by atoms with Gasteiger partial charge in [0.15, 0.2) is 40.5 Å². The SMILES string of the molecule is CC1(C)N=C(N)N(Cc2ccc(CNC(=O)Nc3ccc(C#N)cc3)cc2)C1=O.CN1C(=O)C(C)(c2cccc(-c3cc(Cl)ccc3CCN)c2)N=C1N.COc1ccc(-c2cccc(CN3C(=O)C(c4ccccc4)(c4ccccc4)N=C3N)c2)cn1.Cc1cc(Nc2cccc(C3(c4ccccc4)N=C(N)N(C)C3=O)c2)sn1. The van der Waals surface area contributed by atoms with E-state index >= 15 is 0 Å². The maximum atomic E-state index is 14.0. The zero-order valence-corrected chi connectivity index (χ0v) is 65.9. The summed E-state index contributed by atoms with van der Waals surface area (Å²) in [4.78, 5) is 92.2. The van der Waals surface area contributed by atoms with Crippen molar-refractivity contribution in [3.8, 4) is 34.2 Å². The summed E-state index contributed by atoms with van der Waals surface area (Å²) in [5, 5.41) is 19.2. The van der Waals surface area contributed by atoms with Crippen molar-refractivity contribution in [2.45, 2.75) is 75.9 Å². The van der Waals surface area contributed by atoms with Crippen LogP contribution in [0.1, 0.15) is 82.1 Å². The van der Waals surface area contributed by atoms with Gasteiger partial charge in [-0.3, -0.25) is 38.8 Å². The highest BCUT2D eigenvalue weighted by Gasteiger charge is 2.52. The maximum absolute atomic E-state index is 14.0. The molecule has 0 saturated carbocycles. The fourth-order valence-electron chi connectivity index (χ4n) is 13.7. The molecule has 11 aromatic rings. The van der Waals surface area contributed by atoms with Crippen LogP contribution in [-0.2, 0) is 61.9 Å². The van der Waals surface area contributed by atoms with E-state index in [2.05, 4.69) is 40.3 Å². The average Bonchev–Trinajstić information content (AvgIpc) is 1.60. The van der Waals surface area contributed by atoms with E-state index < -0.39 is 22.2 Å². The first kappa shape index (κ1) is 80.6. The lowest BCUT2D eigenvalue weighted by Gasteiger charge is -2.27. The number of nitrogens with two attached hydrogens (primary N) is 5. The summed E-state index contributed by atoms with van der Waals surface area (Å²) >= 11 is 7.59. The van der Waals surface area contributed by atoms with E-state index in [0.29, 0.717) is 48.3 Å². The predicted molar refractivity (Wildman–Crippen MR) is 451 cm³/mol. The molecule has 582 valence electrons. The van der Waals surface area contributed by atoms with Crippen LogP contribution >= 0.6 is 23.1 Å². The molecule has 0 saturated heterocycles. The Hall–Kier alpha value is -13.9. The molecule has 4 aliphatic heterocycles. The standard InChI is InChI=1S/C28H24N4O2.C21H22N6O2.C20H19N5OS.C19H21ClN4O/c1-34-25-16-15-22(18-30-25)21-10-8-9-20(17-21)19-32-26(33)28(31-27(32)29,23-11-4-2-5-12-23)24-13-6-3-7-14-24;1-21(2)18(28)27(19(23)26-21)13-16-5-3-15(4-6-16)12-24-20(29)25-17-9-7-14(11-22)8-10-17;1-13-11-17(27-24-13)22-16-10-6-9-15(12-16)20(14-7-4-3-5-8-14)18(26)25(2)19(21)23-20;1-19(17(25)24(2)18(22)23-19)14-5-3-4-13(10-14)16-11-15(20)7-6-12(16)8-9-21/h2-18H,19H2,1H3,(H2,29,31);3-10H,12-13H2,1-2H3,(H2,23,26)(H2,24,25,29);3-12,22H,1-2H3,(H2,21,23);3-7,10-11H,8-9,21H2,1-2H3,(H2,22,23). The molecule has 2 aromatic heterocycles. The van der Waals surface area contributed by atoms with Crippen molar-refractivity contribution in [3.05, 3.63) is 321 Å². The van der Waals surface area contributed by atoms with E-state index in [1.165, 1.54) is 26.2 Å². The second-order valence-corrected chi connectivity index (χ2v) is 29.3. The molecule has 4 aliphatic rings. The first-order valence-corrected chi connectivity index (χ1v) is 37.8. The Bertz CT molecular complexity index is 5550. The fourth-order valence-corrected chi connectivity index (χ4v) is 14.5. The Balaban J connectivity index is 0.000000143. The van der Waals surface area contributed by atoms with Gasteiger partial charge in [0.1, 0.15) is 10.5 Å². The summed E-state index contributed by atoms with van der Waals surface area (Å²) in [6.07, 6.45) is 2.52. The van der Waals surface area contributed by atoms with Gasteiger partial charge < -0.3 is 49.4 Å². The minimum atomic E-state index is -1.20. The number of pyridine rings is 1. The van der Waals surface area contributed by atoms with E-state index in [0.717, 1.165) is 95.1 Å². The minimum Gasteiger partial charge on any atom is -0.481 e. The predicted octanol–water partition coefficient (Wildman–Crippen LogP) is 12.4. The summed E-state index contributed by atoms with van der Waals surface area (Å²) in [5.41, 5.74) is 40.3. The number of amides is 6. The number of ether oxygens (including phenoxy) is 1. The number of hydrogen-bond donors (Lipinski definition) is 8. The third-order valence-corrected chi connectivity index (χ3v) is 20.8. The first-order chi connectivity index (χ1) is 55.3. The molecule has 6 amide bonds. The summed E-state index contributed by atoms with van der Waals surface area (Å²) in [5.74, 6) is 0.820. The Labute approximate surface area is 675 Å². The van der Waals surface area contributed by atoms with Gasteiger partial charge >= 0.3 is 6.03 Å². The minimum absolute atomic E-state index is 0.125. The maximum Gasteiger partial charge on any atom is 0.319 e. The summed E-state index contributed by atoms with van der Waals surface area (Å²) < 4.78 is 9.44. The first-order valence-electron chi connectivity index (χ1n) is 36.7. The number of carbonyl (C=O) groups is 5. The fraction of sp³-hybridized carbons (Fsp3) is 0.182. The second kappa shape index (κ2) is 34.8. The molecule has 13 N–H and O–H groups in total. The van der Waals surface area contributed by atoms with Gasteiger partial charge in [0.25, 0.3) is 23.6 Å². The Morgan fingerprint density at radius 3 is 1.67 bits per heavy atom. The van der Waals surface area contributed by atoms with Gasteiger partial charge in [0, 0.05) is 54.9 Å². The lowest BCUT2D eigenvalue weighted by Crippen LogP contribution is -2.43. The van der Waals surface area contributed by atoms with Crippen LogP contribution in [0.4, 0.5) is 21.2 Å². The lowest BCUT2D eigenvalue weighted by atomic mass is 9.82. The molecule has 0 spiro atoms. The number of guanidine groups is 4. The molecule has 9 aromatic carbocycles. The number of carbonyl (C=O) groups excluding carboxylic acids is 5. The molecular formula is C88H86ClN19O6S. The molecule has 115 heavy (non-hydrogen) atoms. The van der Waals surface area contributed by atoms with Gasteiger partial charge in [-0.25, -0.2) is 29.7 Å². The summed E-state index contributed by atoms with van der Waals surface area (Å²) in [7, 11) is 4.87. The van der Waals surface area contributed by atoms with Gasteiger partial charge in [-0.1, -0.05) is 181 Å². The van der Waals surface area contributed by atoms with Crippen LogP contribution in [0.5, 0.6) is 5.88 Å². The number of anilines is 3. The number of likely N-dealkylation sites (N-methyl/N-ethyl adjacent to an activating group) is 2. The second-order valence-electron chi connectivity index (χ2n) is 28.1. The van der Waals surface area contributed by atoms with Crippen LogP contribution in [0.25, 0.3) is 22.3 Å². The Morgan fingerprint density at radius 1 is 0.539 bits per heavy atom. The van der Waals surface area contributed by atoms with Crippen molar-refractivity contribution in [1.82, 2.24) is 34.3 Å². The van der Waals surface area contributed by atoms with Crippen molar-refractivity contribution in [1.29, 1.82) is 5.26 Å². The number of aliphatic imine (C=N–C) groups is 4. The number of nitrogens with one attached hydrogen (secondary N) is 3. The van der Waals surface area contributed by atoms with Crippen LogP contribution in [-0.4, -0.2) is 116 Å². The van der Waals surface area contributed by atoms with Crippen molar-refractivity contribution in [3.63, 3.8) is 0 Å². The number of nitriles is 1. The monoisotopic (exact) mass is 1570 g/mol. The van der Waals surface area contributed by atoms with Crippen LogP contribution in [0.3, 0.4) is 0 Å². The number of aryl methyl sites for hydroxylation is 1. The third-order valence-electron chi connectivity index (χ3n) is 19.8. The molecular weight excluding hydrogens is 1490 g/mol. The molecule has 25 nitrogen and oxygen atoms in total. The van der Waals surface area contributed by atoms with E-state index in [1.807, 2.05) is 237 Å². The smallest absolute Gasteiger partial charge is 0.319 e. The topological polar surface area (TPSA) is 373 Å². The zero-order chi connectivity index (χ0) is 81.8. The Kier molecular flexibility index (Phi) is 24.4. The van der Waals surface area contributed by atoms with Crippen molar-refractivity contribution in [2.24, 2.45) is 48.6 Å². The number of halogens is 1. The molecule has 27 heteroatoms. The summed E-state index contributed by atoms with van der Waals surface area (Å²) in [6, 6.07) is 79.5. The van der Waals surface area contributed by atoms with Crippen LogP contribution < -0.4 is 49.4 Å². The molecule has 15 rings (SSSR count). The van der Waals surface area contributed by atoms with Crippen molar-refractivity contribution < 1.29 is 28.7 Å². The molecule has 0 aliphatic carbocycles. The normalized spacial score (nSPS) is 17.0. The number of aromatic nitrogens is 2. The van der Waals surface area contributed by atoms with Crippen LogP contribution in [0.2, 0.25) is 5.02 Å². The molecule has 0 bridgehead atoms. The van der Waals surface area contributed by atoms with Gasteiger partial charge in [-0.05, 0) is 192 Å². The van der Waals surface area contributed by atoms with E-state index in [-0.39, 0.29) is 53.5 Å². The Morgan fingerprint density at radius 2 is 1.10 bits per heavy atom. The lowest BCUT2D eigenvalue weighted by molar-refractivity contribution is -0.131. The molecule has 2 unspecified atom stereocenters. The van der Waals surface area contributed by atoms with E-state index in [9.17, 15) is 24.0 Å². The number of methoxy groups -OCH3 is 1. The highest BCUT2D eigenvalue weighted by atomic mass is 35.5. The van der Waals surface area contributed by atoms with E-state index in [4.69, 9.17) is 55.3 Å². The van der Waals surface area contributed by atoms with Gasteiger partial charge in [0.05, 0.1) is 37.5 Å². The highest BCUT2D eigenvalue weighted by Crippen LogP contribution is 2.43. The number of nitrogens with zero attached hydrogens (tertiary/aromatic N) is 11. The molecule has 0 fully saturated rings. The van der Waals surface area contributed by atoms with Gasteiger partial charge in [0.2, 0.25) is 5.88 Å². The third kappa shape index (κ3) is 17.6. The van der Waals surface area contributed by atoms with Gasteiger partial charge in [-0.15, -0.1) is 0 Å². The number of urea groups is 1. The summed E-state index contributed by atoms with van der Waals surface area (Å²) in [6.45, 7) is 8.77. The zero-order valence-electron chi connectivity index (χ0n) is 64.3. The van der Waals surface area contributed by atoms with Crippen LogP contribution in [0, 0.1) is 18.3 Å². The highest BCUT2D eigenvalue weighted by molar-refractivity contribution is 7.10. The molecule has 6 heterocycles. The van der Waals surface area contributed by atoms with Crippen molar-refractivity contribution >= 4 is 93.0 Å². The van der Waals surface area contributed by atoms with Gasteiger partial charge in [-0.2, -0.15) is 9.64 Å². The molecule has 2 atom stereocenters. The van der Waals surface area contributed by atoms with Crippen LogP contribution in [0.15, 0.2) is 275 Å². The quantitative estimate of drug-likeness (QED) is 0.0373. The van der Waals surface area contributed by atoms with Crippen molar-refractivity contribution in [2.75, 3.05) is 38.4 Å².